The van der Waals surface area contributed by atoms with Gasteiger partial charge in [-0.05, 0) is 5.56 Å². The van der Waals surface area contributed by atoms with Crippen LogP contribution in [-0.4, -0.2) is 23.7 Å². The van der Waals surface area contributed by atoms with Crippen LogP contribution in [0.5, 0.6) is 0 Å². The van der Waals surface area contributed by atoms with Crippen LogP contribution < -0.4 is 0 Å². The molecule has 0 amide bonds. The van der Waals surface area contributed by atoms with Gasteiger partial charge in [-0.25, -0.2) is 0 Å². The SMILES string of the molecule is CO[SiH](OC)OCc1ccccc1. The molecule has 3 nitrogen and oxygen atoms in total. The fourth-order valence-electron chi connectivity index (χ4n) is 0.971. The molecule has 0 N–H and O–H groups in total. The molecule has 0 saturated heterocycles. The molecule has 1 rings (SSSR count). The molecule has 0 aliphatic rings. The minimum atomic E-state index is -1.86. The van der Waals surface area contributed by atoms with Gasteiger partial charge < -0.3 is 13.3 Å². The van der Waals surface area contributed by atoms with Crippen molar-refractivity contribution in [2.45, 2.75) is 6.61 Å². The Morgan fingerprint density at radius 2 is 1.69 bits per heavy atom. The van der Waals surface area contributed by atoms with Crippen LogP contribution in [0.1, 0.15) is 5.56 Å². The number of rotatable bonds is 5. The van der Waals surface area contributed by atoms with E-state index in [1.54, 1.807) is 14.2 Å². The predicted octanol–water partition coefficient (Wildman–Crippen LogP) is 1.21. The summed E-state index contributed by atoms with van der Waals surface area (Å²) in [7, 11) is 1.34. The van der Waals surface area contributed by atoms with Crippen LogP contribution in [0.2, 0.25) is 0 Å². The molecule has 0 unspecified atom stereocenters. The summed E-state index contributed by atoms with van der Waals surface area (Å²) in [6.45, 7) is 0.555. The molecule has 13 heavy (non-hydrogen) atoms. The summed E-state index contributed by atoms with van der Waals surface area (Å²) >= 11 is 0. The first-order valence-corrected chi connectivity index (χ1v) is 5.49. The molecule has 1 aromatic carbocycles. The van der Waals surface area contributed by atoms with Crippen LogP contribution in [0.15, 0.2) is 30.3 Å². The maximum atomic E-state index is 5.42. The molecule has 0 aromatic heterocycles. The summed E-state index contributed by atoms with van der Waals surface area (Å²) in [6.07, 6.45) is 0. The van der Waals surface area contributed by atoms with Crippen LogP contribution in [0.4, 0.5) is 0 Å². The third-order valence-corrected chi connectivity index (χ3v) is 2.82. The van der Waals surface area contributed by atoms with Gasteiger partial charge in [0.1, 0.15) is 0 Å². The van der Waals surface area contributed by atoms with Crippen molar-refractivity contribution < 1.29 is 13.3 Å². The first-order valence-electron chi connectivity index (χ1n) is 4.08. The van der Waals surface area contributed by atoms with Crippen LogP contribution in [0.25, 0.3) is 0 Å². The lowest BCUT2D eigenvalue weighted by Gasteiger charge is -2.11. The average molecular weight is 198 g/mol. The second-order valence-electron chi connectivity index (χ2n) is 2.56. The summed E-state index contributed by atoms with van der Waals surface area (Å²) in [5, 5.41) is 0. The number of hydrogen-bond acceptors (Lipinski definition) is 3. The van der Waals surface area contributed by atoms with Gasteiger partial charge in [0.25, 0.3) is 0 Å². The largest absolute Gasteiger partial charge is 0.483 e. The highest BCUT2D eigenvalue weighted by molar-refractivity contribution is 6.36. The van der Waals surface area contributed by atoms with Gasteiger partial charge in [-0.2, -0.15) is 0 Å². The van der Waals surface area contributed by atoms with Crippen LogP contribution >= 0.6 is 0 Å². The van der Waals surface area contributed by atoms with Gasteiger partial charge in [-0.3, -0.25) is 0 Å². The molecular weight excluding hydrogens is 184 g/mol. The third kappa shape index (κ3) is 3.69. The van der Waals surface area contributed by atoms with E-state index in [0.29, 0.717) is 6.61 Å². The number of benzene rings is 1. The van der Waals surface area contributed by atoms with Crippen LogP contribution in [0.3, 0.4) is 0 Å². The summed E-state index contributed by atoms with van der Waals surface area (Å²) < 4.78 is 15.5. The van der Waals surface area contributed by atoms with E-state index < -0.39 is 9.53 Å². The van der Waals surface area contributed by atoms with E-state index in [1.165, 1.54) is 0 Å². The van der Waals surface area contributed by atoms with E-state index in [-0.39, 0.29) is 0 Å². The molecule has 0 radical (unpaired) electrons. The molecule has 1 aromatic rings. The summed E-state index contributed by atoms with van der Waals surface area (Å²) in [6, 6.07) is 9.96. The predicted molar refractivity (Wildman–Crippen MR) is 52.4 cm³/mol. The monoisotopic (exact) mass is 198 g/mol. The molecule has 0 heterocycles. The molecule has 0 saturated carbocycles. The Morgan fingerprint density at radius 3 is 2.23 bits per heavy atom. The van der Waals surface area contributed by atoms with Crippen molar-refractivity contribution in [1.29, 1.82) is 0 Å². The van der Waals surface area contributed by atoms with E-state index in [0.717, 1.165) is 5.56 Å². The van der Waals surface area contributed by atoms with E-state index in [9.17, 15) is 0 Å². The van der Waals surface area contributed by atoms with Crippen molar-refractivity contribution in [3.63, 3.8) is 0 Å². The Hall–Kier alpha value is -0.683. The highest BCUT2D eigenvalue weighted by Crippen LogP contribution is 2.01. The molecule has 0 spiro atoms. The smallest absolute Gasteiger partial charge is 0.379 e. The number of hydrogen-bond donors (Lipinski definition) is 0. The summed E-state index contributed by atoms with van der Waals surface area (Å²) in [5.41, 5.74) is 1.13. The molecule has 0 fully saturated rings. The minimum Gasteiger partial charge on any atom is -0.379 e. The molecule has 4 heteroatoms. The molecule has 72 valence electrons. The fourth-order valence-corrected chi connectivity index (χ4v) is 1.76. The van der Waals surface area contributed by atoms with E-state index in [2.05, 4.69) is 0 Å². The maximum absolute atomic E-state index is 5.42. The molecular formula is C9H14O3Si. The standard InChI is InChI=1S/C9H14O3Si/c1-10-13(11-2)12-8-9-6-4-3-5-7-9/h3-7,13H,8H2,1-2H3. The first-order chi connectivity index (χ1) is 6.36. The van der Waals surface area contributed by atoms with Gasteiger partial charge in [-0.15, -0.1) is 0 Å². The Labute approximate surface area is 80.2 Å². The third-order valence-electron chi connectivity index (χ3n) is 1.61. The van der Waals surface area contributed by atoms with Gasteiger partial charge in [0, 0.05) is 14.2 Å². The summed E-state index contributed by atoms with van der Waals surface area (Å²) in [5.74, 6) is 0. The van der Waals surface area contributed by atoms with E-state index in [1.807, 2.05) is 30.3 Å². The van der Waals surface area contributed by atoms with Gasteiger partial charge in [0.05, 0.1) is 6.61 Å². The van der Waals surface area contributed by atoms with Crippen molar-refractivity contribution >= 4 is 9.53 Å². The average Bonchev–Trinajstić information content (AvgIpc) is 2.21. The van der Waals surface area contributed by atoms with Gasteiger partial charge in [0.15, 0.2) is 0 Å². The Kier molecular flexibility index (Phi) is 4.70. The highest BCUT2D eigenvalue weighted by atomic mass is 28.3. The Balaban J connectivity index is 2.34. The van der Waals surface area contributed by atoms with E-state index in [4.69, 9.17) is 13.3 Å². The van der Waals surface area contributed by atoms with Gasteiger partial charge in [0.2, 0.25) is 0 Å². The van der Waals surface area contributed by atoms with Crippen LogP contribution in [0, 0.1) is 0 Å². The second kappa shape index (κ2) is 5.88. The van der Waals surface area contributed by atoms with Crippen LogP contribution in [-0.2, 0) is 19.9 Å². The van der Waals surface area contributed by atoms with Gasteiger partial charge in [-0.1, -0.05) is 30.3 Å². The van der Waals surface area contributed by atoms with Crippen molar-refractivity contribution in [2.75, 3.05) is 14.2 Å². The van der Waals surface area contributed by atoms with E-state index >= 15 is 0 Å². The normalized spacial score (nSPS) is 10.7. The van der Waals surface area contributed by atoms with Crippen molar-refractivity contribution in [1.82, 2.24) is 0 Å². The molecule has 0 aliphatic carbocycles. The lowest BCUT2D eigenvalue weighted by atomic mass is 10.2. The fraction of sp³-hybridized carbons (Fsp3) is 0.333. The quantitative estimate of drug-likeness (QED) is 0.666. The lowest BCUT2D eigenvalue weighted by molar-refractivity contribution is 0.128. The van der Waals surface area contributed by atoms with Crippen molar-refractivity contribution in [2.24, 2.45) is 0 Å². The zero-order valence-corrected chi connectivity index (χ0v) is 9.05. The summed E-state index contributed by atoms with van der Waals surface area (Å²) in [4.78, 5) is 0. The highest BCUT2D eigenvalue weighted by Gasteiger charge is 2.09. The Morgan fingerprint density at radius 1 is 1.08 bits per heavy atom. The lowest BCUT2D eigenvalue weighted by Crippen LogP contribution is -2.23. The molecule has 0 atom stereocenters. The van der Waals surface area contributed by atoms with Crippen molar-refractivity contribution in [3.05, 3.63) is 35.9 Å². The first kappa shape index (κ1) is 10.4. The Bertz CT molecular complexity index is 224. The molecule has 0 bridgehead atoms. The minimum absolute atomic E-state index is 0.555. The zero-order chi connectivity index (χ0) is 9.52. The van der Waals surface area contributed by atoms with Gasteiger partial charge >= 0.3 is 9.53 Å². The van der Waals surface area contributed by atoms with Crippen molar-refractivity contribution in [3.8, 4) is 0 Å². The zero-order valence-electron chi connectivity index (χ0n) is 7.90. The topological polar surface area (TPSA) is 27.7 Å². The molecule has 0 aliphatic heterocycles. The second-order valence-corrected chi connectivity index (χ2v) is 4.41. The maximum Gasteiger partial charge on any atom is 0.483 e.